The van der Waals surface area contributed by atoms with Gasteiger partial charge in [0.2, 0.25) is 0 Å². The zero-order valence-electron chi connectivity index (χ0n) is 10.9. The van der Waals surface area contributed by atoms with Gasteiger partial charge in [-0.25, -0.2) is 9.82 Å². The fourth-order valence-corrected chi connectivity index (χ4v) is 1.59. The van der Waals surface area contributed by atoms with Crippen molar-refractivity contribution < 1.29 is 13.9 Å². The Morgan fingerprint density at radius 3 is 2.67 bits per heavy atom. The normalized spacial score (nSPS) is 10.6. The number of ether oxygens (including phenoxy) is 1. The number of carbonyl (C=O) groups is 1. The number of para-hydroxylation sites is 1. The maximum absolute atomic E-state index is 13.2. The van der Waals surface area contributed by atoms with Crippen LogP contribution in [0.5, 0.6) is 5.75 Å². The summed E-state index contributed by atoms with van der Waals surface area (Å²) in [5.74, 6) is -0.979. The van der Waals surface area contributed by atoms with Crippen LogP contribution in [0.3, 0.4) is 0 Å². The van der Waals surface area contributed by atoms with E-state index in [0.717, 1.165) is 5.56 Å². The van der Waals surface area contributed by atoms with E-state index in [9.17, 15) is 9.18 Å². The van der Waals surface area contributed by atoms with Crippen molar-refractivity contribution >= 4 is 23.7 Å². The van der Waals surface area contributed by atoms with E-state index in [-0.39, 0.29) is 12.4 Å². The molecule has 0 aromatic heterocycles. The minimum absolute atomic E-state index is 0.0225. The van der Waals surface area contributed by atoms with Crippen LogP contribution in [-0.2, 0) is 4.79 Å². The Bertz CT molecular complexity index is 644. The first-order valence-electron chi connectivity index (χ1n) is 6.10. The van der Waals surface area contributed by atoms with Crippen molar-refractivity contribution in [1.29, 1.82) is 0 Å². The lowest BCUT2D eigenvalue weighted by Crippen LogP contribution is -2.24. The van der Waals surface area contributed by atoms with E-state index >= 15 is 0 Å². The molecule has 0 aliphatic carbocycles. The molecular formula is C15H12ClFN2O2. The smallest absolute Gasteiger partial charge is 0.277 e. The molecule has 0 spiro atoms. The maximum Gasteiger partial charge on any atom is 0.277 e. The lowest BCUT2D eigenvalue weighted by atomic mass is 10.2. The van der Waals surface area contributed by atoms with Crippen molar-refractivity contribution in [1.82, 2.24) is 5.43 Å². The highest BCUT2D eigenvalue weighted by atomic mass is 35.5. The van der Waals surface area contributed by atoms with E-state index in [2.05, 4.69) is 10.5 Å². The number of hydrogen-bond donors (Lipinski definition) is 1. The van der Waals surface area contributed by atoms with Gasteiger partial charge in [0.25, 0.3) is 5.91 Å². The van der Waals surface area contributed by atoms with Crippen molar-refractivity contribution in [3.8, 4) is 5.75 Å². The van der Waals surface area contributed by atoms with Gasteiger partial charge in [-0.2, -0.15) is 5.10 Å². The molecule has 0 fully saturated rings. The number of nitrogens with zero attached hydrogens (tertiary/aromatic N) is 1. The average Bonchev–Trinajstić information content (AvgIpc) is 2.48. The molecule has 2 aromatic carbocycles. The SMILES string of the molecule is O=C(COc1ccccc1F)N/N=C\c1ccc(Cl)cc1. The molecule has 1 N–H and O–H groups in total. The number of nitrogens with one attached hydrogen (secondary N) is 1. The van der Waals surface area contributed by atoms with Gasteiger partial charge in [0.1, 0.15) is 0 Å². The Kier molecular flexibility index (Phi) is 5.29. The maximum atomic E-state index is 13.2. The van der Waals surface area contributed by atoms with Crippen LogP contribution < -0.4 is 10.2 Å². The number of hydrogen-bond acceptors (Lipinski definition) is 3. The first-order valence-corrected chi connectivity index (χ1v) is 6.48. The Morgan fingerprint density at radius 1 is 1.24 bits per heavy atom. The Labute approximate surface area is 126 Å². The van der Waals surface area contributed by atoms with E-state index < -0.39 is 11.7 Å². The average molecular weight is 307 g/mol. The Morgan fingerprint density at radius 2 is 1.95 bits per heavy atom. The van der Waals surface area contributed by atoms with Gasteiger partial charge in [-0.05, 0) is 29.8 Å². The van der Waals surface area contributed by atoms with Crippen LogP contribution in [0.2, 0.25) is 5.02 Å². The van der Waals surface area contributed by atoms with Gasteiger partial charge < -0.3 is 4.74 Å². The third-order valence-electron chi connectivity index (χ3n) is 2.47. The van der Waals surface area contributed by atoms with Gasteiger partial charge in [0, 0.05) is 5.02 Å². The summed E-state index contributed by atoms with van der Waals surface area (Å²) in [7, 11) is 0. The third kappa shape index (κ3) is 4.89. The summed E-state index contributed by atoms with van der Waals surface area (Å²) < 4.78 is 18.3. The number of amides is 1. The summed E-state index contributed by atoms with van der Waals surface area (Å²) in [5.41, 5.74) is 3.07. The molecule has 0 atom stereocenters. The standard InChI is InChI=1S/C15H12ClFN2O2/c16-12-7-5-11(6-8-12)9-18-19-15(20)10-21-14-4-2-1-3-13(14)17/h1-9H,10H2,(H,19,20)/b18-9-. The van der Waals surface area contributed by atoms with Gasteiger partial charge >= 0.3 is 0 Å². The minimum Gasteiger partial charge on any atom is -0.481 e. The second kappa shape index (κ2) is 7.40. The van der Waals surface area contributed by atoms with Crippen LogP contribution in [0.25, 0.3) is 0 Å². The summed E-state index contributed by atoms with van der Waals surface area (Å²) in [6.45, 7) is -0.321. The zero-order valence-corrected chi connectivity index (χ0v) is 11.7. The predicted octanol–water partition coefficient (Wildman–Crippen LogP) is 3.01. The first-order chi connectivity index (χ1) is 10.1. The fraction of sp³-hybridized carbons (Fsp3) is 0.0667. The van der Waals surface area contributed by atoms with Gasteiger partial charge in [-0.15, -0.1) is 0 Å². The highest BCUT2D eigenvalue weighted by Gasteiger charge is 2.04. The molecule has 0 unspecified atom stereocenters. The van der Waals surface area contributed by atoms with Crippen molar-refractivity contribution in [3.05, 3.63) is 64.9 Å². The third-order valence-corrected chi connectivity index (χ3v) is 2.72. The quantitative estimate of drug-likeness (QED) is 0.682. The van der Waals surface area contributed by atoms with E-state index in [1.807, 2.05) is 0 Å². The second-order valence-electron chi connectivity index (χ2n) is 4.06. The molecule has 0 radical (unpaired) electrons. The molecule has 2 aromatic rings. The number of halogens is 2. The molecule has 0 saturated heterocycles. The first kappa shape index (κ1) is 15.0. The molecule has 0 aliphatic heterocycles. The fourth-order valence-electron chi connectivity index (χ4n) is 1.47. The minimum atomic E-state index is -0.519. The van der Waals surface area contributed by atoms with E-state index in [0.29, 0.717) is 5.02 Å². The highest BCUT2D eigenvalue weighted by molar-refractivity contribution is 6.30. The zero-order chi connectivity index (χ0) is 15.1. The van der Waals surface area contributed by atoms with Crippen LogP contribution in [0, 0.1) is 5.82 Å². The Hall–Kier alpha value is -2.40. The van der Waals surface area contributed by atoms with Crippen molar-refractivity contribution in [2.24, 2.45) is 5.10 Å². The largest absolute Gasteiger partial charge is 0.481 e. The van der Waals surface area contributed by atoms with Crippen molar-refractivity contribution in [2.45, 2.75) is 0 Å². The second-order valence-corrected chi connectivity index (χ2v) is 4.50. The molecule has 21 heavy (non-hydrogen) atoms. The lowest BCUT2D eigenvalue weighted by Gasteiger charge is -2.05. The number of rotatable bonds is 5. The van der Waals surface area contributed by atoms with Gasteiger partial charge in [-0.1, -0.05) is 35.9 Å². The van der Waals surface area contributed by atoms with Crippen LogP contribution >= 0.6 is 11.6 Å². The summed E-state index contributed by atoms with van der Waals surface area (Å²) in [6.07, 6.45) is 1.47. The molecule has 0 bridgehead atoms. The molecule has 6 heteroatoms. The summed E-state index contributed by atoms with van der Waals surface area (Å²) in [5, 5.41) is 4.38. The van der Waals surface area contributed by atoms with Crippen molar-refractivity contribution in [3.63, 3.8) is 0 Å². The van der Waals surface area contributed by atoms with Gasteiger partial charge in [-0.3, -0.25) is 4.79 Å². The van der Waals surface area contributed by atoms with E-state index in [4.69, 9.17) is 16.3 Å². The van der Waals surface area contributed by atoms with Crippen LogP contribution in [0.4, 0.5) is 4.39 Å². The highest BCUT2D eigenvalue weighted by Crippen LogP contribution is 2.14. The predicted molar refractivity (Wildman–Crippen MR) is 79.1 cm³/mol. The molecule has 2 rings (SSSR count). The summed E-state index contributed by atoms with van der Waals surface area (Å²) in [6, 6.07) is 12.8. The molecule has 1 amide bonds. The molecule has 0 heterocycles. The van der Waals surface area contributed by atoms with Crippen LogP contribution in [0.15, 0.2) is 53.6 Å². The van der Waals surface area contributed by atoms with Crippen molar-refractivity contribution in [2.75, 3.05) is 6.61 Å². The topological polar surface area (TPSA) is 50.7 Å². The summed E-state index contributed by atoms with van der Waals surface area (Å²) >= 11 is 5.75. The molecular weight excluding hydrogens is 295 g/mol. The number of hydrazone groups is 1. The lowest BCUT2D eigenvalue weighted by molar-refractivity contribution is -0.123. The monoisotopic (exact) mass is 306 g/mol. The molecule has 108 valence electrons. The van der Waals surface area contributed by atoms with Crippen LogP contribution in [-0.4, -0.2) is 18.7 Å². The molecule has 0 aliphatic rings. The Balaban J connectivity index is 1.80. The van der Waals surface area contributed by atoms with Gasteiger partial charge in [0.05, 0.1) is 6.21 Å². The summed E-state index contributed by atoms with van der Waals surface area (Å²) in [4.78, 5) is 11.5. The van der Waals surface area contributed by atoms with Gasteiger partial charge in [0.15, 0.2) is 18.2 Å². The number of carbonyl (C=O) groups excluding carboxylic acids is 1. The molecule has 4 nitrogen and oxygen atoms in total. The van der Waals surface area contributed by atoms with E-state index in [1.54, 1.807) is 36.4 Å². The van der Waals surface area contributed by atoms with E-state index in [1.165, 1.54) is 18.3 Å². The molecule has 0 saturated carbocycles. The van der Waals surface area contributed by atoms with Crippen LogP contribution in [0.1, 0.15) is 5.56 Å². The number of benzene rings is 2.